The maximum Gasteiger partial charge on any atom is 0.319 e. The van der Waals surface area contributed by atoms with Gasteiger partial charge in [0.05, 0.1) is 6.54 Å². The average molecular weight is 254 g/mol. The number of hydrogen-bond donors (Lipinski definition) is 2. The van der Waals surface area contributed by atoms with Crippen molar-refractivity contribution in [3.63, 3.8) is 0 Å². The predicted molar refractivity (Wildman–Crippen MR) is 56.4 cm³/mol. The lowest BCUT2D eigenvalue weighted by Crippen LogP contribution is -2.44. The molecule has 0 radical (unpaired) electrons. The van der Waals surface area contributed by atoms with E-state index in [1.165, 1.54) is 12.8 Å². The Morgan fingerprint density at radius 2 is 2.06 bits per heavy atom. The smallest absolute Gasteiger partial charge is 0.312 e. The van der Waals surface area contributed by atoms with Crippen LogP contribution in [0, 0.1) is 11.8 Å². The van der Waals surface area contributed by atoms with Crippen molar-refractivity contribution in [2.75, 3.05) is 19.6 Å². The Labute approximate surface area is 98.1 Å². The first-order chi connectivity index (χ1) is 8.00. The number of nitrogens with one attached hydrogen (secondary N) is 2. The molecule has 3 atom stereocenters. The highest BCUT2D eigenvalue weighted by Crippen LogP contribution is 2.37. The lowest BCUT2D eigenvalue weighted by atomic mass is 9.94. The van der Waals surface area contributed by atoms with Crippen molar-refractivity contribution in [2.45, 2.75) is 37.7 Å². The van der Waals surface area contributed by atoms with E-state index >= 15 is 0 Å². The highest BCUT2D eigenvalue weighted by atomic mass is 19.3. The van der Waals surface area contributed by atoms with Gasteiger partial charge < -0.3 is 10.6 Å². The molecule has 1 saturated carbocycles. The molecular formula is C11H18F4N2. The molecule has 0 amide bonds. The lowest BCUT2D eigenvalue weighted by molar-refractivity contribution is -0.125. The maximum atomic E-state index is 12.7. The third-order valence-electron chi connectivity index (χ3n) is 3.92. The average Bonchev–Trinajstić information content (AvgIpc) is 2.81. The Hall–Kier alpha value is -0.360. The molecule has 0 spiro atoms. The molecule has 1 aliphatic heterocycles. The van der Waals surface area contributed by atoms with Crippen LogP contribution < -0.4 is 10.6 Å². The van der Waals surface area contributed by atoms with Crippen LogP contribution in [-0.4, -0.2) is 38.0 Å². The molecule has 0 aromatic heterocycles. The van der Waals surface area contributed by atoms with Gasteiger partial charge >= 0.3 is 12.3 Å². The van der Waals surface area contributed by atoms with Gasteiger partial charge in [0.15, 0.2) is 0 Å². The Balaban J connectivity index is 1.72. The molecule has 2 fully saturated rings. The molecule has 3 unspecified atom stereocenters. The molecular weight excluding hydrogens is 236 g/mol. The zero-order chi connectivity index (χ0) is 12.5. The summed E-state index contributed by atoms with van der Waals surface area (Å²) in [4.78, 5) is 0. The van der Waals surface area contributed by atoms with E-state index in [4.69, 9.17) is 0 Å². The molecule has 1 aliphatic carbocycles. The van der Waals surface area contributed by atoms with Gasteiger partial charge in [-0.2, -0.15) is 8.78 Å². The van der Waals surface area contributed by atoms with Gasteiger partial charge in [-0.15, -0.1) is 0 Å². The number of halogens is 4. The van der Waals surface area contributed by atoms with Crippen LogP contribution in [0.25, 0.3) is 0 Å². The fourth-order valence-corrected chi connectivity index (χ4v) is 3.00. The van der Waals surface area contributed by atoms with Gasteiger partial charge in [0.2, 0.25) is 0 Å². The van der Waals surface area contributed by atoms with E-state index in [0.29, 0.717) is 18.4 Å². The van der Waals surface area contributed by atoms with Gasteiger partial charge in [0.1, 0.15) is 0 Å². The summed E-state index contributed by atoms with van der Waals surface area (Å²) in [5.74, 6) is -2.74. The standard InChI is InChI=1S/C11H18F4N2/c12-10(13)11(14,15)6-16-5-9-8-3-1-2-7(8)4-17-9/h7-10,16-17H,1-6H2. The summed E-state index contributed by atoms with van der Waals surface area (Å²) < 4.78 is 49.2. The monoisotopic (exact) mass is 254 g/mol. The second kappa shape index (κ2) is 5.10. The minimum absolute atomic E-state index is 0.163. The van der Waals surface area contributed by atoms with Crippen LogP contribution in [0.2, 0.25) is 0 Å². The molecule has 1 saturated heterocycles. The Kier molecular flexibility index (Phi) is 3.92. The first-order valence-electron chi connectivity index (χ1n) is 6.11. The summed E-state index contributed by atoms with van der Waals surface area (Å²) in [6.45, 7) is 0.339. The topological polar surface area (TPSA) is 24.1 Å². The van der Waals surface area contributed by atoms with Gasteiger partial charge in [-0.3, -0.25) is 0 Å². The Morgan fingerprint density at radius 1 is 1.29 bits per heavy atom. The molecule has 0 bridgehead atoms. The van der Waals surface area contributed by atoms with Crippen molar-refractivity contribution < 1.29 is 17.6 Å². The lowest BCUT2D eigenvalue weighted by Gasteiger charge is -2.21. The summed E-state index contributed by atoms with van der Waals surface area (Å²) in [6.07, 6.45) is -0.0807. The van der Waals surface area contributed by atoms with Crippen molar-refractivity contribution in [1.82, 2.24) is 10.6 Å². The summed E-state index contributed by atoms with van der Waals surface area (Å²) in [5.41, 5.74) is 0. The second-order valence-electron chi connectivity index (χ2n) is 5.06. The SMILES string of the molecule is FC(F)C(F)(F)CNCC1NCC2CCCC21. The zero-order valence-corrected chi connectivity index (χ0v) is 9.56. The Morgan fingerprint density at radius 3 is 2.76 bits per heavy atom. The van der Waals surface area contributed by atoms with Crippen molar-refractivity contribution in [2.24, 2.45) is 11.8 Å². The van der Waals surface area contributed by atoms with Crippen LogP contribution in [0.1, 0.15) is 19.3 Å². The summed E-state index contributed by atoms with van der Waals surface area (Å²) in [6, 6.07) is 0.163. The van der Waals surface area contributed by atoms with Crippen molar-refractivity contribution in [3.8, 4) is 0 Å². The van der Waals surface area contributed by atoms with E-state index in [9.17, 15) is 17.6 Å². The molecule has 0 aromatic rings. The van der Waals surface area contributed by atoms with Crippen molar-refractivity contribution in [3.05, 3.63) is 0 Å². The Bertz CT molecular complexity index is 260. The largest absolute Gasteiger partial charge is 0.319 e. The van der Waals surface area contributed by atoms with E-state index in [-0.39, 0.29) is 6.04 Å². The van der Waals surface area contributed by atoms with Crippen LogP contribution in [0.4, 0.5) is 17.6 Å². The summed E-state index contributed by atoms with van der Waals surface area (Å²) in [5, 5.41) is 5.75. The third kappa shape index (κ3) is 2.91. The van der Waals surface area contributed by atoms with Crippen LogP contribution in [0.15, 0.2) is 0 Å². The van der Waals surface area contributed by atoms with Crippen molar-refractivity contribution in [1.29, 1.82) is 0 Å². The molecule has 1 heterocycles. The molecule has 2 nitrogen and oxygen atoms in total. The van der Waals surface area contributed by atoms with Gasteiger partial charge in [0.25, 0.3) is 0 Å². The van der Waals surface area contributed by atoms with E-state index in [1.807, 2.05) is 0 Å². The van der Waals surface area contributed by atoms with Crippen LogP contribution >= 0.6 is 0 Å². The number of alkyl halides is 4. The third-order valence-corrected chi connectivity index (χ3v) is 3.92. The fraction of sp³-hybridized carbons (Fsp3) is 1.00. The highest BCUT2D eigenvalue weighted by molar-refractivity contribution is 4.95. The minimum Gasteiger partial charge on any atom is -0.312 e. The van der Waals surface area contributed by atoms with Crippen molar-refractivity contribution >= 4 is 0 Å². The number of rotatable bonds is 5. The molecule has 100 valence electrons. The van der Waals surface area contributed by atoms with E-state index < -0.39 is 18.9 Å². The molecule has 2 rings (SSSR count). The summed E-state index contributed by atoms with van der Waals surface area (Å²) in [7, 11) is 0. The van der Waals surface area contributed by atoms with E-state index in [1.54, 1.807) is 0 Å². The predicted octanol–water partition coefficient (Wildman–Crippen LogP) is 1.86. The van der Waals surface area contributed by atoms with Gasteiger partial charge in [-0.05, 0) is 31.2 Å². The van der Waals surface area contributed by atoms with Gasteiger partial charge in [-0.1, -0.05) is 6.42 Å². The van der Waals surface area contributed by atoms with Gasteiger partial charge in [-0.25, -0.2) is 8.78 Å². The first kappa shape index (κ1) is 13.1. The van der Waals surface area contributed by atoms with Crippen LogP contribution in [-0.2, 0) is 0 Å². The van der Waals surface area contributed by atoms with Crippen LogP contribution in [0.5, 0.6) is 0 Å². The molecule has 6 heteroatoms. The molecule has 2 N–H and O–H groups in total. The quantitative estimate of drug-likeness (QED) is 0.732. The maximum absolute atomic E-state index is 12.7. The van der Waals surface area contributed by atoms with Crippen LogP contribution in [0.3, 0.4) is 0 Å². The van der Waals surface area contributed by atoms with E-state index in [0.717, 1.165) is 13.0 Å². The fourth-order valence-electron chi connectivity index (χ4n) is 3.00. The normalized spacial score (nSPS) is 33.4. The number of fused-ring (bicyclic) bond motifs is 1. The van der Waals surface area contributed by atoms with Gasteiger partial charge in [0, 0.05) is 12.6 Å². The number of hydrogen-bond acceptors (Lipinski definition) is 2. The first-order valence-corrected chi connectivity index (χ1v) is 6.11. The second-order valence-corrected chi connectivity index (χ2v) is 5.06. The highest BCUT2D eigenvalue weighted by Gasteiger charge is 2.42. The summed E-state index contributed by atoms with van der Waals surface area (Å²) >= 11 is 0. The molecule has 0 aromatic carbocycles. The molecule has 2 aliphatic rings. The molecule has 17 heavy (non-hydrogen) atoms. The van der Waals surface area contributed by atoms with E-state index in [2.05, 4.69) is 10.6 Å². The zero-order valence-electron chi connectivity index (χ0n) is 9.56. The minimum atomic E-state index is -3.92.